The Morgan fingerprint density at radius 3 is 1.65 bits per heavy atom. The van der Waals surface area contributed by atoms with Gasteiger partial charge in [-0.2, -0.15) is 0 Å². The van der Waals surface area contributed by atoms with E-state index in [1.807, 2.05) is 11.3 Å². The lowest BCUT2D eigenvalue weighted by molar-refractivity contribution is -2.00. The van der Waals surface area contributed by atoms with Crippen molar-refractivity contribution in [1.29, 1.82) is 0 Å². The summed E-state index contributed by atoms with van der Waals surface area (Å²) in [7, 11) is -4.94. The lowest BCUT2D eigenvalue weighted by Crippen LogP contribution is -2.68. The molecular formula is C25H17ClO4S. The highest BCUT2D eigenvalue weighted by Gasteiger charge is 2.19. The summed E-state index contributed by atoms with van der Waals surface area (Å²) < 4.78 is 36.6. The third-order valence-electron chi connectivity index (χ3n) is 4.80. The average molecular weight is 449 g/mol. The van der Waals surface area contributed by atoms with Crippen LogP contribution in [0.15, 0.2) is 103 Å². The van der Waals surface area contributed by atoms with Crippen LogP contribution in [0.25, 0.3) is 42.4 Å². The fourth-order valence-corrected chi connectivity index (χ4v) is 4.69. The van der Waals surface area contributed by atoms with Gasteiger partial charge in [-0.15, -0.1) is 10.2 Å². The molecule has 4 aromatic carbocycles. The zero-order valence-corrected chi connectivity index (χ0v) is 17.8. The van der Waals surface area contributed by atoms with Crippen molar-refractivity contribution in [2.24, 2.45) is 0 Å². The lowest BCUT2D eigenvalue weighted by Gasteiger charge is -2.17. The van der Waals surface area contributed by atoms with Crippen LogP contribution in [-0.2, 0) is 0 Å². The first kappa shape index (κ1) is 21.3. The number of hydrogen-bond acceptors (Lipinski definition) is 4. The molecule has 5 rings (SSSR count). The van der Waals surface area contributed by atoms with Crippen molar-refractivity contribution >= 4 is 31.5 Å². The molecule has 154 valence electrons. The fraction of sp³-hybridized carbons (Fsp3) is 0. The van der Waals surface area contributed by atoms with E-state index in [1.165, 1.54) is 42.4 Å². The first-order valence-electron chi connectivity index (χ1n) is 9.41. The van der Waals surface area contributed by atoms with E-state index in [2.05, 4.69) is 103 Å². The third kappa shape index (κ3) is 5.24. The molecule has 0 amide bonds. The molecule has 0 aliphatic carbocycles. The second kappa shape index (κ2) is 9.08. The summed E-state index contributed by atoms with van der Waals surface area (Å²) in [5.74, 6) is 0. The summed E-state index contributed by atoms with van der Waals surface area (Å²) in [5.41, 5.74) is 5.13. The SMILES string of the molecule is [O-][Cl+3]([O-])([O-])[O-].c1ccc(-c2ccc3c(-c4ccccc4)c4ccccc4[s+]c3c2)cc1. The van der Waals surface area contributed by atoms with Gasteiger partial charge in [0.2, 0.25) is 20.7 Å². The van der Waals surface area contributed by atoms with Crippen molar-refractivity contribution < 1.29 is 28.9 Å². The Morgan fingerprint density at radius 1 is 0.484 bits per heavy atom. The van der Waals surface area contributed by atoms with Gasteiger partial charge in [-0.05, 0) is 28.8 Å². The van der Waals surface area contributed by atoms with E-state index < -0.39 is 10.2 Å². The Morgan fingerprint density at radius 2 is 1.00 bits per heavy atom. The smallest absolute Gasteiger partial charge is 0.222 e. The molecule has 0 radical (unpaired) electrons. The van der Waals surface area contributed by atoms with Gasteiger partial charge >= 0.3 is 0 Å². The normalized spacial score (nSPS) is 11.2. The summed E-state index contributed by atoms with van der Waals surface area (Å²) in [6.45, 7) is 0. The molecule has 6 heteroatoms. The second-order valence-corrected chi connectivity index (χ2v) is 8.63. The zero-order chi connectivity index (χ0) is 21.8. The molecule has 0 fully saturated rings. The highest BCUT2D eigenvalue weighted by atomic mass is 35.7. The molecule has 4 nitrogen and oxygen atoms in total. The number of hydrogen-bond donors (Lipinski definition) is 0. The Labute approximate surface area is 185 Å². The first-order valence-corrected chi connectivity index (χ1v) is 11.5. The molecule has 0 spiro atoms. The van der Waals surface area contributed by atoms with Crippen LogP contribution in [0.4, 0.5) is 0 Å². The summed E-state index contributed by atoms with van der Waals surface area (Å²) in [5, 5.41) is 2.64. The topological polar surface area (TPSA) is 92.2 Å². The highest BCUT2D eigenvalue weighted by Crippen LogP contribution is 2.40. The molecule has 1 heterocycles. The molecule has 0 atom stereocenters. The van der Waals surface area contributed by atoms with Crippen LogP contribution in [0.3, 0.4) is 0 Å². The maximum absolute atomic E-state index is 8.49. The zero-order valence-electron chi connectivity index (χ0n) is 16.2. The van der Waals surface area contributed by atoms with Gasteiger partial charge in [-0.1, -0.05) is 78.9 Å². The molecule has 31 heavy (non-hydrogen) atoms. The summed E-state index contributed by atoms with van der Waals surface area (Å²) in [4.78, 5) is 0. The van der Waals surface area contributed by atoms with E-state index in [1.54, 1.807) is 0 Å². The van der Waals surface area contributed by atoms with Crippen LogP contribution in [0.1, 0.15) is 0 Å². The van der Waals surface area contributed by atoms with Crippen molar-refractivity contribution in [2.45, 2.75) is 0 Å². The van der Waals surface area contributed by atoms with E-state index in [-0.39, 0.29) is 0 Å². The summed E-state index contributed by atoms with van der Waals surface area (Å²) >= 11 is 1.87. The van der Waals surface area contributed by atoms with Gasteiger partial charge in [0.1, 0.15) is 0 Å². The van der Waals surface area contributed by atoms with Crippen molar-refractivity contribution in [1.82, 2.24) is 0 Å². The quantitative estimate of drug-likeness (QED) is 0.306. The van der Waals surface area contributed by atoms with Crippen LogP contribution in [0.2, 0.25) is 0 Å². The Bertz CT molecular complexity index is 1310. The second-order valence-electron chi connectivity index (χ2n) is 6.79. The molecule has 0 saturated heterocycles. The minimum Gasteiger partial charge on any atom is -0.222 e. The Hall–Kier alpha value is -2.90. The summed E-state index contributed by atoms with van der Waals surface area (Å²) in [6, 6.07) is 36.9. The first-order chi connectivity index (χ1) is 14.9. The van der Waals surface area contributed by atoms with E-state index in [4.69, 9.17) is 18.6 Å². The molecule has 0 saturated carbocycles. The molecule has 0 N–H and O–H groups in total. The monoisotopic (exact) mass is 448 g/mol. The van der Waals surface area contributed by atoms with Gasteiger partial charge < -0.3 is 0 Å². The van der Waals surface area contributed by atoms with E-state index in [0.29, 0.717) is 0 Å². The molecule has 0 bridgehead atoms. The minimum absolute atomic E-state index is 1.26. The van der Waals surface area contributed by atoms with Crippen molar-refractivity contribution in [3.8, 4) is 22.3 Å². The van der Waals surface area contributed by atoms with Gasteiger partial charge in [-0.25, -0.2) is 18.6 Å². The minimum atomic E-state index is -4.94. The van der Waals surface area contributed by atoms with Crippen LogP contribution < -0.4 is 18.6 Å². The van der Waals surface area contributed by atoms with Crippen molar-refractivity contribution in [2.75, 3.05) is 0 Å². The van der Waals surface area contributed by atoms with Crippen LogP contribution in [0, 0.1) is 10.2 Å². The molecule has 5 aromatic rings. The molecule has 0 aliphatic heterocycles. The maximum atomic E-state index is 8.49. The van der Waals surface area contributed by atoms with Gasteiger partial charge in [0.05, 0.1) is 0 Å². The molecular weight excluding hydrogens is 432 g/mol. The van der Waals surface area contributed by atoms with Crippen LogP contribution in [0.5, 0.6) is 0 Å². The van der Waals surface area contributed by atoms with Gasteiger partial charge in [0.25, 0.3) is 0 Å². The van der Waals surface area contributed by atoms with Crippen LogP contribution >= 0.6 is 11.3 Å². The predicted molar refractivity (Wildman–Crippen MR) is 115 cm³/mol. The van der Waals surface area contributed by atoms with Gasteiger partial charge in [-0.3, -0.25) is 0 Å². The molecule has 0 unspecified atom stereocenters. The standard InChI is InChI=1S/C25H17S.ClHO4/c1-3-9-18(10-4-1)20-15-16-22-24(17-20)26-23-14-8-7-13-21(23)25(22)19-11-5-2-6-12-19;2-1(3,4)5/h1-17H;(H,2,3,4,5)/q+1;/p-1. The largest absolute Gasteiger partial charge is 0.239 e. The van der Waals surface area contributed by atoms with E-state index in [0.717, 1.165) is 0 Å². The predicted octanol–water partition coefficient (Wildman–Crippen LogP) is 2.91. The Balaban J connectivity index is 0.000000418. The maximum Gasteiger partial charge on any atom is 0.239 e. The number of halogens is 1. The molecule has 0 aliphatic rings. The third-order valence-corrected chi connectivity index (χ3v) is 5.93. The summed E-state index contributed by atoms with van der Waals surface area (Å²) in [6.07, 6.45) is 0. The van der Waals surface area contributed by atoms with E-state index in [9.17, 15) is 0 Å². The molecule has 1 aromatic heterocycles. The average Bonchev–Trinajstić information content (AvgIpc) is 2.77. The Kier molecular flexibility index (Phi) is 6.25. The van der Waals surface area contributed by atoms with Crippen LogP contribution in [-0.4, -0.2) is 0 Å². The van der Waals surface area contributed by atoms with Gasteiger partial charge in [0, 0.05) is 28.5 Å². The number of benzene rings is 4. The van der Waals surface area contributed by atoms with E-state index >= 15 is 0 Å². The van der Waals surface area contributed by atoms with Crippen molar-refractivity contribution in [3.05, 3.63) is 103 Å². The fourth-order valence-electron chi connectivity index (χ4n) is 3.57. The van der Waals surface area contributed by atoms with Crippen molar-refractivity contribution in [3.63, 3.8) is 0 Å². The number of fused-ring (bicyclic) bond motifs is 2. The lowest BCUT2D eigenvalue weighted by atomic mass is 9.97. The number of rotatable bonds is 2. The highest BCUT2D eigenvalue weighted by molar-refractivity contribution is 7.24. The van der Waals surface area contributed by atoms with Gasteiger partial charge in [0.15, 0.2) is 0 Å².